The quantitative estimate of drug-likeness (QED) is 0.205. The molecule has 0 bridgehead atoms. The molecule has 0 aliphatic rings. The molecular formula is C21H14F4N2O3. The second kappa shape index (κ2) is 8.64. The molecule has 9 heteroatoms. The maximum atomic E-state index is 12.9. The van der Waals surface area contributed by atoms with Crippen molar-refractivity contribution in [1.82, 2.24) is 0 Å². The fourth-order valence-electron chi connectivity index (χ4n) is 2.32. The van der Waals surface area contributed by atoms with Gasteiger partial charge in [0, 0.05) is 5.56 Å². The fourth-order valence-corrected chi connectivity index (χ4v) is 2.32. The summed E-state index contributed by atoms with van der Waals surface area (Å²) in [6.45, 7) is 0. The van der Waals surface area contributed by atoms with Crippen molar-refractivity contribution in [3.63, 3.8) is 0 Å². The highest BCUT2D eigenvalue weighted by Gasteiger charge is 2.30. The van der Waals surface area contributed by atoms with Gasteiger partial charge in [-0.2, -0.15) is 13.2 Å². The topological polar surface area (TPSA) is 73.9 Å². The van der Waals surface area contributed by atoms with Crippen LogP contribution >= 0.6 is 0 Å². The molecule has 0 fully saturated rings. The number of carbonyl (C=O) groups excluding carboxylic acids is 1. The molecule has 3 aromatic rings. The maximum absolute atomic E-state index is 12.9. The van der Waals surface area contributed by atoms with Crippen LogP contribution in [0.15, 0.2) is 78.0 Å². The minimum absolute atomic E-state index is 0.0912. The van der Waals surface area contributed by atoms with Crippen molar-refractivity contribution in [2.45, 2.75) is 6.18 Å². The summed E-state index contributed by atoms with van der Waals surface area (Å²) in [5, 5.41) is 3.54. The highest BCUT2D eigenvalue weighted by atomic mass is 19.4. The molecule has 0 spiro atoms. The summed E-state index contributed by atoms with van der Waals surface area (Å²) in [4.78, 5) is 16.6. The first-order valence-electron chi connectivity index (χ1n) is 8.48. The summed E-state index contributed by atoms with van der Waals surface area (Å²) in [7, 11) is 0. The Balaban J connectivity index is 1.62. The molecule has 154 valence electrons. The Hall–Kier alpha value is -3.88. The van der Waals surface area contributed by atoms with Crippen LogP contribution in [0.2, 0.25) is 0 Å². The van der Waals surface area contributed by atoms with Crippen molar-refractivity contribution < 1.29 is 31.9 Å². The first-order valence-corrected chi connectivity index (χ1v) is 8.48. The van der Waals surface area contributed by atoms with E-state index >= 15 is 0 Å². The van der Waals surface area contributed by atoms with Gasteiger partial charge in [-0.1, -0.05) is 5.16 Å². The summed E-state index contributed by atoms with van der Waals surface area (Å²) >= 11 is 0. The van der Waals surface area contributed by atoms with Gasteiger partial charge in [-0.3, -0.25) is 0 Å². The molecule has 0 unspecified atom stereocenters. The number of hydrogen-bond donors (Lipinski definition) is 1. The molecule has 0 aliphatic heterocycles. The van der Waals surface area contributed by atoms with Gasteiger partial charge in [0.15, 0.2) is 5.84 Å². The zero-order valence-corrected chi connectivity index (χ0v) is 15.2. The third-order valence-electron chi connectivity index (χ3n) is 3.87. The van der Waals surface area contributed by atoms with Gasteiger partial charge in [-0.25, -0.2) is 9.18 Å². The molecule has 5 nitrogen and oxygen atoms in total. The zero-order chi connectivity index (χ0) is 21.7. The van der Waals surface area contributed by atoms with E-state index in [4.69, 9.17) is 15.3 Å². The average molecular weight is 418 g/mol. The number of hydrogen-bond acceptors (Lipinski definition) is 4. The van der Waals surface area contributed by atoms with E-state index in [2.05, 4.69) is 5.16 Å². The first-order chi connectivity index (χ1) is 14.2. The number of alkyl halides is 3. The van der Waals surface area contributed by atoms with Crippen LogP contribution in [0.25, 0.3) is 0 Å². The molecule has 0 saturated heterocycles. The lowest BCUT2D eigenvalue weighted by molar-refractivity contribution is -0.137. The third kappa shape index (κ3) is 5.34. The molecule has 30 heavy (non-hydrogen) atoms. The highest BCUT2D eigenvalue weighted by molar-refractivity contribution is 5.98. The molecule has 0 amide bonds. The summed E-state index contributed by atoms with van der Waals surface area (Å²) in [6.07, 6.45) is -4.42. The highest BCUT2D eigenvalue weighted by Crippen LogP contribution is 2.31. The average Bonchev–Trinajstić information content (AvgIpc) is 2.72. The molecule has 3 aromatic carbocycles. The van der Waals surface area contributed by atoms with Crippen LogP contribution in [-0.4, -0.2) is 11.8 Å². The monoisotopic (exact) mass is 418 g/mol. The van der Waals surface area contributed by atoms with Gasteiger partial charge in [-0.15, -0.1) is 0 Å². The number of carbonyl (C=O) groups is 1. The molecule has 0 radical (unpaired) electrons. The van der Waals surface area contributed by atoms with Gasteiger partial charge in [0.2, 0.25) is 0 Å². The van der Waals surface area contributed by atoms with Gasteiger partial charge >= 0.3 is 12.1 Å². The van der Waals surface area contributed by atoms with E-state index in [9.17, 15) is 22.4 Å². The molecule has 0 aromatic heterocycles. The van der Waals surface area contributed by atoms with Crippen LogP contribution in [0, 0.1) is 5.82 Å². The predicted octanol–water partition coefficient (Wildman–Crippen LogP) is 5.11. The number of oxime groups is 1. The van der Waals surface area contributed by atoms with Gasteiger partial charge < -0.3 is 15.3 Å². The number of halogens is 4. The van der Waals surface area contributed by atoms with Gasteiger partial charge in [0.05, 0.1) is 11.1 Å². The van der Waals surface area contributed by atoms with Gasteiger partial charge in [0.1, 0.15) is 17.3 Å². The lowest BCUT2D eigenvalue weighted by atomic mass is 10.2. The van der Waals surface area contributed by atoms with Crippen molar-refractivity contribution in [1.29, 1.82) is 0 Å². The van der Waals surface area contributed by atoms with Crippen LogP contribution in [-0.2, 0) is 11.0 Å². The Bertz CT molecular complexity index is 1050. The first kappa shape index (κ1) is 20.8. The van der Waals surface area contributed by atoms with Crippen molar-refractivity contribution in [3.05, 3.63) is 95.3 Å². The molecule has 0 heterocycles. The summed E-state index contributed by atoms with van der Waals surface area (Å²) in [6, 6.07) is 15.1. The number of nitrogens with zero attached hydrogens (tertiary/aromatic N) is 1. The summed E-state index contributed by atoms with van der Waals surface area (Å²) in [5.41, 5.74) is 5.52. The van der Waals surface area contributed by atoms with Crippen molar-refractivity contribution >= 4 is 11.8 Å². The van der Waals surface area contributed by atoms with Crippen LogP contribution < -0.4 is 10.5 Å². The molecule has 2 N–H and O–H groups in total. The normalized spacial score (nSPS) is 11.8. The minimum atomic E-state index is -4.42. The van der Waals surface area contributed by atoms with Crippen molar-refractivity contribution in [3.8, 4) is 11.5 Å². The number of amidine groups is 1. The van der Waals surface area contributed by atoms with Crippen molar-refractivity contribution in [2.75, 3.05) is 0 Å². The lowest BCUT2D eigenvalue weighted by Gasteiger charge is -2.09. The Morgan fingerprint density at radius 3 is 1.83 bits per heavy atom. The SMILES string of the molecule is N/C(=N\OC(=O)c1ccc(F)cc1)c1ccc(Oc2ccc(C(F)(F)F)cc2)cc1. The predicted molar refractivity (Wildman–Crippen MR) is 100 cm³/mol. The largest absolute Gasteiger partial charge is 0.457 e. The van der Waals surface area contributed by atoms with Crippen LogP contribution in [0.1, 0.15) is 21.5 Å². The van der Waals surface area contributed by atoms with E-state index in [1.807, 2.05) is 0 Å². The smallest absolute Gasteiger partial charge is 0.416 e. The Kier molecular flexibility index (Phi) is 6.01. The third-order valence-corrected chi connectivity index (χ3v) is 3.87. The molecule has 0 saturated carbocycles. The van der Waals surface area contributed by atoms with E-state index < -0.39 is 23.5 Å². The van der Waals surface area contributed by atoms with Crippen molar-refractivity contribution in [2.24, 2.45) is 10.9 Å². The minimum Gasteiger partial charge on any atom is -0.457 e. The Morgan fingerprint density at radius 2 is 1.30 bits per heavy atom. The molecule has 0 aliphatic carbocycles. The standard InChI is InChI=1S/C21H14F4N2O3/c22-16-7-1-14(2-8-16)20(28)30-27-19(26)13-3-9-17(10-4-13)29-18-11-5-15(6-12-18)21(23,24)25/h1-12H,(H2,26,27). The Morgan fingerprint density at radius 1 is 0.800 bits per heavy atom. The second-order valence-electron chi connectivity index (χ2n) is 6.01. The maximum Gasteiger partial charge on any atom is 0.416 e. The van der Waals surface area contributed by atoms with Gasteiger partial charge in [0.25, 0.3) is 0 Å². The molecule has 0 atom stereocenters. The zero-order valence-electron chi connectivity index (χ0n) is 15.2. The summed E-state index contributed by atoms with van der Waals surface area (Å²) < 4.78 is 56.1. The van der Waals surface area contributed by atoms with E-state index in [-0.39, 0.29) is 17.1 Å². The lowest BCUT2D eigenvalue weighted by Crippen LogP contribution is -2.15. The number of rotatable bonds is 5. The van der Waals surface area contributed by atoms with Gasteiger partial charge in [-0.05, 0) is 72.8 Å². The van der Waals surface area contributed by atoms with E-state index in [0.717, 1.165) is 24.3 Å². The summed E-state index contributed by atoms with van der Waals surface area (Å²) in [5.74, 6) is -0.805. The second-order valence-corrected chi connectivity index (χ2v) is 6.01. The van der Waals surface area contributed by atoms with Crippen LogP contribution in [0.3, 0.4) is 0 Å². The molecule has 3 rings (SSSR count). The van der Waals surface area contributed by atoms with E-state index in [1.54, 1.807) is 0 Å². The number of nitrogens with two attached hydrogens (primary N) is 1. The van der Waals surface area contributed by atoms with Crippen LogP contribution in [0.5, 0.6) is 11.5 Å². The van der Waals surface area contributed by atoms with E-state index in [0.29, 0.717) is 11.3 Å². The fraction of sp³-hybridized carbons (Fsp3) is 0.0476. The van der Waals surface area contributed by atoms with E-state index in [1.165, 1.54) is 48.5 Å². The Labute approximate surface area is 168 Å². The van der Waals surface area contributed by atoms with Crippen LogP contribution in [0.4, 0.5) is 17.6 Å². The number of benzene rings is 3. The number of ether oxygens (including phenoxy) is 1. The molecular weight excluding hydrogens is 404 g/mol.